The molecule has 4 aliphatic carbocycles. The van der Waals surface area contributed by atoms with Gasteiger partial charge in [-0.1, -0.05) is 104 Å². The molecular formula is C49H46N2O2. The van der Waals surface area contributed by atoms with E-state index in [0.29, 0.717) is 23.9 Å². The van der Waals surface area contributed by atoms with E-state index in [4.69, 9.17) is 14.5 Å². The number of benzene rings is 3. The van der Waals surface area contributed by atoms with Crippen LogP contribution in [0, 0.1) is 17.3 Å². The number of hydrogen-bond donors (Lipinski definition) is 0. The van der Waals surface area contributed by atoms with Gasteiger partial charge in [0.05, 0.1) is 11.5 Å². The SMILES string of the molecule is CC12C=CCCC1N(c1ccccc1)C1CCC(C3C=CC4=C(C3)C3(C5=C(CCC=C5)Oc5cc(C6CC=CC=N6)ccc53)c3ccccc3O4)=CC12. The average molecular weight is 695 g/mol. The lowest BCUT2D eigenvalue weighted by Gasteiger charge is -2.49. The Morgan fingerprint density at radius 1 is 0.830 bits per heavy atom. The number of anilines is 1. The summed E-state index contributed by atoms with van der Waals surface area (Å²) in [4.78, 5) is 7.64. The second kappa shape index (κ2) is 12.0. The molecule has 0 N–H and O–H groups in total. The molecule has 264 valence electrons. The average Bonchev–Trinajstić information content (AvgIpc) is 3.48. The highest BCUT2D eigenvalue weighted by molar-refractivity contribution is 5.74. The van der Waals surface area contributed by atoms with Crippen molar-refractivity contribution in [1.29, 1.82) is 0 Å². The number of nitrogens with zero attached hydrogens (tertiary/aromatic N) is 2. The van der Waals surface area contributed by atoms with Gasteiger partial charge in [0, 0.05) is 64.4 Å². The molecule has 4 aliphatic heterocycles. The third-order valence-electron chi connectivity index (χ3n) is 13.8. The molecule has 7 unspecified atom stereocenters. The molecular weight excluding hydrogens is 649 g/mol. The van der Waals surface area contributed by atoms with E-state index in [9.17, 15) is 0 Å². The van der Waals surface area contributed by atoms with E-state index in [0.717, 1.165) is 61.5 Å². The maximum atomic E-state index is 6.94. The Morgan fingerprint density at radius 2 is 1.72 bits per heavy atom. The molecule has 0 bridgehead atoms. The Morgan fingerprint density at radius 3 is 2.62 bits per heavy atom. The maximum Gasteiger partial charge on any atom is 0.132 e. The van der Waals surface area contributed by atoms with Crippen molar-refractivity contribution in [3.05, 3.63) is 172 Å². The quantitative estimate of drug-likeness (QED) is 0.256. The predicted molar refractivity (Wildman–Crippen MR) is 213 cm³/mol. The van der Waals surface area contributed by atoms with E-state index in [-0.39, 0.29) is 11.5 Å². The van der Waals surface area contributed by atoms with E-state index in [1.807, 2.05) is 12.3 Å². The monoisotopic (exact) mass is 694 g/mol. The third-order valence-corrected chi connectivity index (χ3v) is 13.8. The number of rotatable bonds is 3. The fraction of sp³-hybridized carbons (Fsp3) is 0.327. The first-order valence-electron chi connectivity index (χ1n) is 19.9. The number of allylic oxidation sites excluding steroid dienone is 10. The molecule has 0 saturated carbocycles. The van der Waals surface area contributed by atoms with Gasteiger partial charge in [-0.25, -0.2) is 0 Å². The summed E-state index contributed by atoms with van der Waals surface area (Å²) >= 11 is 0. The minimum atomic E-state index is -0.500. The van der Waals surface area contributed by atoms with Gasteiger partial charge < -0.3 is 14.4 Å². The van der Waals surface area contributed by atoms with Crippen LogP contribution in [0.1, 0.15) is 81.0 Å². The van der Waals surface area contributed by atoms with Crippen LogP contribution >= 0.6 is 0 Å². The van der Waals surface area contributed by atoms with E-state index in [1.54, 1.807) is 5.57 Å². The lowest BCUT2D eigenvalue weighted by Crippen LogP contribution is -2.42. The summed E-state index contributed by atoms with van der Waals surface area (Å²) in [5.41, 5.74) is 8.87. The first-order chi connectivity index (χ1) is 26.1. The molecule has 4 heteroatoms. The second-order valence-electron chi connectivity index (χ2n) is 16.5. The summed E-state index contributed by atoms with van der Waals surface area (Å²) in [6.45, 7) is 2.54. The highest BCUT2D eigenvalue weighted by Crippen LogP contribution is 2.62. The van der Waals surface area contributed by atoms with Gasteiger partial charge in [-0.3, -0.25) is 4.99 Å². The smallest absolute Gasteiger partial charge is 0.132 e. The van der Waals surface area contributed by atoms with Gasteiger partial charge in [0.25, 0.3) is 0 Å². The van der Waals surface area contributed by atoms with Crippen LogP contribution in [0.3, 0.4) is 0 Å². The molecule has 0 radical (unpaired) electrons. The normalized spacial score (nSPS) is 33.0. The Balaban J connectivity index is 1.03. The number of aliphatic imine (C=N–C) groups is 1. The largest absolute Gasteiger partial charge is 0.461 e. The van der Waals surface area contributed by atoms with Crippen molar-refractivity contribution in [2.45, 2.75) is 81.8 Å². The zero-order chi connectivity index (χ0) is 35.1. The first-order valence-corrected chi connectivity index (χ1v) is 19.9. The van der Waals surface area contributed by atoms with Gasteiger partial charge in [-0.15, -0.1) is 0 Å². The van der Waals surface area contributed by atoms with Crippen LogP contribution in [0.15, 0.2) is 161 Å². The first kappa shape index (κ1) is 31.4. The van der Waals surface area contributed by atoms with E-state index in [1.165, 1.54) is 46.4 Å². The van der Waals surface area contributed by atoms with E-state index in [2.05, 4.69) is 133 Å². The van der Waals surface area contributed by atoms with Gasteiger partial charge in [-0.05, 0) is 92.5 Å². The van der Waals surface area contributed by atoms with Crippen LogP contribution in [0.4, 0.5) is 5.69 Å². The van der Waals surface area contributed by atoms with Crippen molar-refractivity contribution in [2.24, 2.45) is 22.2 Å². The lowest BCUT2D eigenvalue weighted by atomic mass is 9.57. The molecule has 1 saturated heterocycles. The summed E-state index contributed by atoms with van der Waals surface area (Å²) in [6.07, 6.45) is 31.8. The molecule has 11 rings (SSSR count). The van der Waals surface area contributed by atoms with Crippen molar-refractivity contribution in [3.8, 4) is 11.5 Å². The molecule has 1 fully saturated rings. The highest BCUT2D eigenvalue weighted by Gasteiger charge is 2.57. The maximum absolute atomic E-state index is 6.94. The van der Waals surface area contributed by atoms with Gasteiger partial charge >= 0.3 is 0 Å². The van der Waals surface area contributed by atoms with Gasteiger partial charge in [-0.2, -0.15) is 0 Å². The summed E-state index contributed by atoms with van der Waals surface area (Å²) in [6, 6.07) is 28.0. The Bertz CT molecular complexity index is 2270. The number of para-hydroxylation sites is 2. The van der Waals surface area contributed by atoms with Crippen LogP contribution in [-0.2, 0) is 5.41 Å². The minimum absolute atomic E-state index is 0.112. The molecule has 53 heavy (non-hydrogen) atoms. The second-order valence-corrected chi connectivity index (χ2v) is 16.5. The van der Waals surface area contributed by atoms with Crippen molar-refractivity contribution < 1.29 is 9.47 Å². The number of fused-ring (bicyclic) bond motifs is 9. The Labute approximate surface area is 313 Å². The molecule has 8 aliphatic rings. The molecule has 1 spiro atoms. The van der Waals surface area contributed by atoms with Crippen LogP contribution in [0.25, 0.3) is 0 Å². The van der Waals surface area contributed by atoms with E-state index >= 15 is 0 Å². The van der Waals surface area contributed by atoms with Crippen LogP contribution < -0.4 is 14.4 Å². The van der Waals surface area contributed by atoms with Crippen molar-refractivity contribution in [3.63, 3.8) is 0 Å². The molecule has 3 aromatic rings. The highest BCUT2D eigenvalue weighted by atomic mass is 16.5. The van der Waals surface area contributed by atoms with Crippen molar-refractivity contribution >= 4 is 11.9 Å². The minimum Gasteiger partial charge on any atom is -0.461 e. The standard InChI is InChI=1S/C49H46N2O2/c1-48-27-11-9-20-47(48)51(35-13-3-2-4-14-35)42-25-22-32(29-39(42)48)33-23-26-45-40(30-33)49(36-15-5-7-18-43(36)52-45)37-16-6-8-19-44(37)53-46-31-34(21-24-38(46)49)41-17-10-12-28-50-41/h2-7,10-16,18,21,23-24,26-29,31,33,39,41-42,47H,8-9,17,19-20,22,25,30H2,1H3. The van der Waals surface area contributed by atoms with Gasteiger partial charge in [0.1, 0.15) is 23.0 Å². The molecule has 0 aromatic heterocycles. The molecule has 3 aromatic carbocycles. The predicted octanol–water partition coefficient (Wildman–Crippen LogP) is 11.2. The number of hydrogen-bond acceptors (Lipinski definition) is 4. The summed E-state index contributed by atoms with van der Waals surface area (Å²) in [7, 11) is 0. The number of ether oxygens (including phenoxy) is 2. The Kier molecular flexibility index (Phi) is 7.10. The third kappa shape index (κ3) is 4.57. The topological polar surface area (TPSA) is 34.1 Å². The summed E-state index contributed by atoms with van der Waals surface area (Å²) in [5, 5.41) is 0. The van der Waals surface area contributed by atoms with Gasteiger partial charge in [0.15, 0.2) is 0 Å². The lowest BCUT2D eigenvalue weighted by molar-refractivity contribution is 0.279. The summed E-state index contributed by atoms with van der Waals surface area (Å²) < 4.78 is 13.8. The van der Waals surface area contributed by atoms with Crippen LogP contribution in [0.2, 0.25) is 0 Å². The van der Waals surface area contributed by atoms with Crippen molar-refractivity contribution in [2.75, 3.05) is 4.90 Å². The zero-order valence-electron chi connectivity index (χ0n) is 30.5. The van der Waals surface area contributed by atoms with Gasteiger partial charge in [0.2, 0.25) is 0 Å². The fourth-order valence-electron chi connectivity index (χ4n) is 11.5. The summed E-state index contributed by atoms with van der Waals surface area (Å²) in [5.74, 6) is 4.78. The Hall–Kier alpha value is -5.09. The molecule has 0 amide bonds. The number of dihydropyridines is 1. The molecule has 7 atom stereocenters. The molecule has 4 nitrogen and oxygen atoms in total. The van der Waals surface area contributed by atoms with Crippen LogP contribution in [0.5, 0.6) is 11.5 Å². The fourth-order valence-corrected chi connectivity index (χ4v) is 11.5. The van der Waals surface area contributed by atoms with E-state index < -0.39 is 5.41 Å². The molecule has 4 heterocycles. The zero-order valence-corrected chi connectivity index (χ0v) is 30.5. The van der Waals surface area contributed by atoms with Crippen LogP contribution in [-0.4, -0.2) is 18.3 Å². The van der Waals surface area contributed by atoms with Crippen molar-refractivity contribution in [1.82, 2.24) is 0 Å².